The Hall–Kier alpha value is -0.120. The average Bonchev–Trinajstić information content (AvgIpc) is 2.40. The Morgan fingerprint density at radius 3 is 3.09 bits per heavy atom. The Labute approximate surface area is 68.3 Å². The van der Waals surface area contributed by atoms with Crippen LogP contribution in [0, 0.1) is 5.92 Å². The van der Waals surface area contributed by atoms with Gasteiger partial charge in [0.2, 0.25) is 0 Å². The number of rotatable bonds is 4. The molecule has 0 bridgehead atoms. The summed E-state index contributed by atoms with van der Waals surface area (Å²) in [5.74, 6) is 0.707. The average molecular weight is 158 g/mol. The van der Waals surface area contributed by atoms with Crippen molar-refractivity contribution in [1.82, 2.24) is 5.32 Å². The van der Waals surface area contributed by atoms with E-state index in [9.17, 15) is 0 Å². The number of hydrogen-bond donors (Lipinski definition) is 2. The molecular weight excluding hydrogens is 140 g/mol. The summed E-state index contributed by atoms with van der Waals surface area (Å²) in [7, 11) is 1.94. The first kappa shape index (κ1) is 8.97. The van der Waals surface area contributed by atoms with E-state index in [4.69, 9.17) is 10.5 Å². The summed E-state index contributed by atoms with van der Waals surface area (Å²) in [6.07, 6.45) is 2.29. The van der Waals surface area contributed by atoms with Crippen LogP contribution in [0.1, 0.15) is 12.8 Å². The van der Waals surface area contributed by atoms with Gasteiger partial charge in [0.1, 0.15) is 0 Å². The fraction of sp³-hybridized carbons (Fsp3) is 1.00. The molecule has 0 amide bonds. The second-order valence-electron chi connectivity index (χ2n) is 3.28. The highest BCUT2D eigenvalue weighted by Gasteiger charge is 2.17. The molecule has 0 radical (unpaired) electrons. The topological polar surface area (TPSA) is 47.3 Å². The van der Waals surface area contributed by atoms with E-state index in [1.807, 2.05) is 7.05 Å². The predicted octanol–water partition coefficient (Wildman–Crippen LogP) is -0.0403. The standard InChI is InChI=1S/C8H18N2O/c1-10-5-8(9)4-7-2-3-11-6-7/h7-8,10H,2-6,9H2,1H3. The van der Waals surface area contributed by atoms with Crippen LogP contribution in [0.25, 0.3) is 0 Å². The lowest BCUT2D eigenvalue weighted by molar-refractivity contribution is 0.182. The summed E-state index contributed by atoms with van der Waals surface area (Å²) in [4.78, 5) is 0. The highest BCUT2D eigenvalue weighted by molar-refractivity contribution is 4.72. The number of likely N-dealkylation sites (N-methyl/N-ethyl adjacent to an activating group) is 1. The highest BCUT2D eigenvalue weighted by atomic mass is 16.5. The van der Waals surface area contributed by atoms with Crippen molar-refractivity contribution < 1.29 is 4.74 Å². The van der Waals surface area contributed by atoms with Crippen molar-refractivity contribution >= 4 is 0 Å². The summed E-state index contributed by atoms with van der Waals surface area (Å²) >= 11 is 0. The normalized spacial score (nSPS) is 27.3. The van der Waals surface area contributed by atoms with E-state index in [-0.39, 0.29) is 0 Å². The molecule has 11 heavy (non-hydrogen) atoms. The third-order valence-electron chi connectivity index (χ3n) is 2.13. The molecule has 0 aromatic carbocycles. The summed E-state index contributed by atoms with van der Waals surface area (Å²) in [6.45, 7) is 2.75. The van der Waals surface area contributed by atoms with Gasteiger partial charge in [-0.2, -0.15) is 0 Å². The smallest absolute Gasteiger partial charge is 0.0495 e. The van der Waals surface area contributed by atoms with Crippen LogP contribution in [-0.2, 0) is 4.74 Å². The zero-order valence-corrected chi connectivity index (χ0v) is 7.18. The largest absolute Gasteiger partial charge is 0.381 e. The molecule has 1 rings (SSSR count). The molecule has 0 aliphatic carbocycles. The van der Waals surface area contributed by atoms with Crippen LogP contribution >= 0.6 is 0 Å². The van der Waals surface area contributed by atoms with Gasteiger partial charge in [-0.25, -0.2) is 0 Å². The first-order chi connectivity index (χ1) is 5.33. The first-order valence-electron chi connectivity index (χ1n) is 4.31. The van der Waals surface area contributed by atoms with Crippen molar-refractivity contribution in [2.75, 3.05) is 26.8 Å². The van der Waals surface area contributed by atoms with Gasteiger partial charge in [-0.15, -0.1) is 0 Å². The molecule has 0 spiro atoms. The predicted molar refractivity (Wildman–Crippen MR) is 45.4 cm³/mol. The molecule has 0 aromatic heterocycles. The molecule has 1 fully saturated rings. The van der Waals surface area contributed by atoms with Gasteiger partial charge in [-0.05, 0) is 25.8 Å². The van der Waals surface area contributed by atoms with Crippen molar-refractivity contribution in [2.24, 2.45) is 11.7 Å². The molecule has 3 heteroatoms. The van der Waals surface area contributed by atoms with E-state index in [2.05, 4.69) is 5.32 Å². The van der Waals surface area contributed by atoms with E-state index in [1.165, 1.54) is 6.42 Å². The molecule has 0 saturated carbocycles. The lowest BCUT2D eigenvalue weighted by Gasteiger charge is -2.14. The second-order valence-corrected chi connectivity index (χ2v) is 3.28. The summed E-state index contributed by atoms with van der Waals surface area (Å²) in [5, 5.41) is 3.08. The fourth-order valence-electron chi connectivity index (χ4n) is 1.54. The minimum Gasteiger partial charge on any atom is -0.381 e. The van der Waals surface area contributed by atoms with Crippen LogP contribution in [-0.4, -0.2) is 32.8 Å². The van der Waals surface area contributed by atoms with Gasteiger partial charge in [-0.1, -0.05) is 0 Å². The molecule has 2 unspecified atom stereocenters. The molecule has 2 atom stereocenters. The third kappa shape index (κ3) is 3.18. The molecular formula is C8H18N2O. The van der Waals surface area contributed by atoms with Crippen molar-refractivity contribution in [2.45, 2.75) is 18.9 Å². The monoisotopic (exact) mass is 158 g/mol. The number of nitrogens with two attached hydrogens (primary N) is 1. The maximum atomic E-state index is 5.85. The van der Waals surface area contributed by atoms with E-state index >= 15 is 0 Å². The maximum absolute atomic E-state index is 5.85. The van der Waals surface area contributed by atoms with Gasteiger partial charge in [-0.3, -0.25) is 0 Å². The van der Waals surface area contributed by atoms with Crippen LogP contribution in [0.3, 0.4) is 0 Å². The summed E-state index contributed by atoms with van der Waals surface area (Å²) < 4.78 is 5.26. The number of hydrogen-bond acceptors (Lipinski definition) is 3. The molecule has 3 N–H and O–H groups in total. The van der Waals surface area contributed by atoms with Crippen molar-refractivity contribution in [3.05, 3.63) is 0 Å². The number of nitrogens with one attached hydrogen (secondary N) is 1. The van der Waals surface area contributed by atoms with E-state index in [1.54, 1.807) is 0 Å². The SMILES string of the molecule is CNCC(N)CC1CCOC1. The summed E-state index contributed by atoms with van der Waals surface area (Å²) in [6, 6.07) is 0.298. The molecule has 1 heterocycles. The lowest BCUT2D eigenvalue weighted by Crippen LogP contribution is -2.33. The minimum absolute atomic E-state index is 0.298. The molecule has 1 aliphatic heterocycles. The Kier molecular flexibility index (Phi) is 3.83. The molecule has 1 aliphatic rings. The van der Waals surface area contributed by atoms with Gasteiger partial charge in [0, 0.05) is 25.8 Å². The van der Waals surface area contributed by atoms with Crippen LogP contribution < -0.4 is 11.1 Å². The van der Waals surface area contributed by atoms with Crippen molar-refractivity contribution in [1.29, 1.82) is 0 Å². The molecule has 3 nitrogen and oxygen atoms in total. The van der Waals surface area contributed by atoms with Gasteiger partial charge < -0.3 is 15.8 Å². The second kappa shape index (κ2) is 4.70. The van der Waals surface area contributed by atoms with Crippen LogP contribution in [0.2, 0.25) is 0 Å². The van der Waals surface area contributed by atoms with Crippen molar-refractivity contribution in [3.8, 4) is 0 Å². The first-order valence-corrected chi connectivity index (χ1v) is 4.31. The van der Waals surface area contributed by atoms with E-state index < -0.39 is 0 Å². The van der Waals surface area contributed by atoms with Gasteiger partial charge in [0.25, 0.3) is 0 Å². The van der Waals surface area contributed by atoms with Gasteiger partial charge >= 0.3 is 0 Å². The maximum Gasteiger partial charge on any atom is 0.0495 e. The Morgan fingerprint density at radius 1 is 1.73 bits per heavy atom. The van der Waals surface area contributed by atoms with Crippen LogP contribution in [0.4, 0.5) is 0 Å². The third-order valence-corrected chi connectivity index (χ3v) is 2.13. The Morgan fingerprint density at radius 2 is 2.55 bits per heavy atom. The quantitative estimate of drug-likeness (QED) is 0.603. The minimum atomic E-state index is 0.298. The van der Waals surface area contributed by atoms with Gasteiger partial charge in [0.05, 0.1) is 0 Å². The zero-order chi connectivity index (χ0) is 8.10. The number of ether oxygens (including phenoxy) is 1. The highest BCUT2D eigenvalue weighted by Crippen LogP contribution is 2.16. The lowest BCUT2D eigenvalue weighted by atomic mass is 10.00. The molecule has 0 aromatic rings. The van der Waals surface area contributed by atoms with Crippen molar-refractivity contribution in [3.63, 3.8) is 0 Å². The van der Waals surface area contributed by atoms with Crippen LogP contribution in [0.15, 0.2) is 0 Å². The molecule has 66 valence electrons. The Balaban J connectivity index is 2.08. The summed E-state index contributed by atoms with van der Waals surface area (Å²) in [5.41, 5.74) is 5.85. The van der Waals surface area contributed by atoms with E-state index in [0.717, 1.165) is 26.2 Å². The zero-order valence-electron chi connectivity index (χ0n) is 7.18. The van der Waals surface area contributed by atoms with E-state index in [0.29, 0.717) is 12.0 Å². The Bertz CT molecular complexity index is 102. The van der Waals surface area contributed by atoms with Gasteiger partial charge in [0.15, 0.2) is 0 Å². The fourth-order valence-corrected chi connectivity index (χ4v) is 1.54. The molecule has 1 saturated heterocycles. The van der Waals surface area contributed by atoms with Crippen LogP contribution in [0.5, 0.6) is 0 Å².